The molecule has 0 N–H and O–H groups in total. The van der Waals surface area contributed by atoms with E-state index < -0.39 is 0 Å². The minimum Gasteiger partial charge on any atom is -0.356 e. The molecule has 4 rings (SSSR count). The van der Waals surface area contributed by atoms with E-state index in [2.05, 4.69) is 15.1 Å². The van der Waals surface area contributed by atoms with E-state index >= 15 is 0 Å². The molecule has 0 spiro atoms. The molecule has 144 valence electrons. The highest BCUT2D eigenvalue weighted by Crippen LogP contribution is 2.37. The minimum absolute atomic E-state index is 0.0701. The number of halogens is 1. The van der Waals surface area contributed by atoms with Gasteiger partial charge in [-0.15, -0.1) is 0 Å². The summed E-state index contributed by atoms with van der Waals surface area (Å²) in [6, 6.07) is 9.20. The van der Waals surface area contributed by atoms with Gasteiger partial charge in [-0.3, -0.25) is 4.79 Å². The molecule has 0 aliphatic carbocycles. The summed E-state index contributed by atoms with van der Waals surface area (Å²) in [6.07, 6.45) is 3.87. The molecule has 1 fully saturated rings. The van der Waals surface area contributed by atoms with Crippen molar-refractivity contribution in [2.24, 2.45) is 0 Å². The Morgan fingerprint density at radius 3 is 2.93 bits per heavy atom. The topological polar surface area (TPSA) is 72.1 Å². The minimum atomic E-state index is -0.103. The summed E-state index contributed by atoms with van der Waals surface area (Å²) in [4.78, 5) is 24.0. The van der Waals surface area contributed by atoms with E-state index in [-0.39, 0.29) is 11.9 Å². The fourth-order valence-electron chi connectivity index (χ4n) is 3.69. The maximum atomic E-state index is 13.1. The van der Waals surface area contributed by atoms with Gasteiger partial charge in [0, 0.05) is 23.8 Å². The maximum absolute atomic E-state index is 13.1. The van der Waals surface area contributed by atoms with Crippen molar-refractivity contribution < 1.29 is 9.32 Å². The fourth-order valence-corrected chi connectivity index (χ4v) is 3.91. The highest BCUT2D eigenvalue weighted by atomic mass is 35.5. The molecule has 1 aliphatic rings. The molecule has 2 aromatic heterocycles. The van der Waals surface area contributed by atoms with Crippen molar-refractivity contribution in [1.82, 2.24) is 20.0 Å². The van der Waals surface area contributed by atoms with Crippen LogP contribution < -0.4 is 0 Å². The first kappa shape index (κ1) is 18.6. The van der Waals surface area contributed by atoms with Crippen LogP contribution in [0.4, 0.5) is 0 Å². The number of hydrogen-bond donors (Lipinski definition) is 0. The molecule has 28 heavy (non-hydrogen) atoms. The zero-order valence-electron chi connectivity index (χ0n) is 15.9. The molecule has 1 unspecified atom stereocenters. The lowest BCUT2D eigenvalue weighted by Gasteiger charge is -2.26. The van der Waals surface area contributed by atoms with Gasteiger partial charge in [0.1, 0.15) is 5.82 Å². The highest BCUT2D eigenvalue weighted by molar-refractivity contribution is 6.30. The lowest BCUT2D eigenvalue weighted by molar-refractivity contribution is -0.131. The van der Waals surface area contributed by atoms with Crippen molar-refractivity contribution >= 4 is 17.5 Å². The van der Waals surface area contributed by atoms with E-state index in [1.54, 1.807) is 6.20 Å². The van der Waals surface area contributed by atoms with Gasteiger partial charge in [0.25, 0.3) is 0 Å². The molecule has 1 amide bonds. The van der Waals surface area contributed by atoms with E-state index in [4.69, 9.17) is 16.1 Å². The molecule has 0 bridgehead atoms. The quantitative estimate of drug-likeness (QED) is 0.657. The predicted octanol–water partition coefficient (Wildman–Crippen LogP) is 4.31. The number of nitrogens with zero attached hydrogens (tertiary/aromatic N) is 4. The Morgan fingerprint density at radius 1 is 1.32 bits per heavy atom. The monoisotopic (exact) mass is 396 g/mol. The summed E-state index contributed by atoms with van der Waals surface area (Å²) in [7, 11) is 0. The highest BCUT2D eigenvalue weighted by Gasteiger charge is 2.33. The molecule has 3 aromatic rings. The van der Waals surface area contributed by atoms with Crippen molar-refractivity contribution in [1.29, 1.82) is 0 Å². The van der Waals surface area contributed by atoms with Crippen LogP contribution in [-0.4, -0.2) is 32.5 Å². The van der Waals surface area contributed by atoms with Gasteiger partial charge in [-0.1, -0.05) is 28.9 Å². The third kappa shape index (κ3) is 3.78. The fraction of sp³-hybridized carbons (Fsp3) is 0.333. The molecule has 0 saturated carbocycles. The van der Waals surface area contributed by atoms with Crippen LogP contribution in [-0.2, 0) is 11.2 Å². The second-order valence-electron chi connectivity index (χ2n) is 7.10. The molecular formula is C21H21ClN4O2. The maximum Gasteiger partial charge on any atom is 0.227 e. The Balaban J connectivity index is 1.65. The van der Waals surface area contributed by atoms with Crippen LogP contribution in [0.15, 0.2) is 41.1 Å². The second kappa shape index (κ2) is 7.72. The van der Waals surface area contributed by atoms with E-state index in [0.717, 1.165) is 35.4 Å². The lowest BCUT2D eigenvalue weighted by atomic mass is 10.0. The second-order valence-corrected chi connectivity index (χ2v) is 7.54. The molecule has 1 saturated heterocycles. The number of carbonyl (C=O) groups is 1. The first-order valence-corrected chi connectivity index (χ1v) is 9.70. The number of amides is 1. The van der Waals surface area contributed by atoms with Crippen molar-refractivity contribution in [3.8, 4) is 11.3 Å². The number of aryl methyl sites for hydroxylation is 2. The van der Waals surface area contributed by atoms with Gasteiger partial charge < -0.3 is 9.42 Å². The average Bonchev–Trinajstić information content (AvgIpc) is 3.31. The third-order valence-electron chi connectivity index (χ3n) is 4.97. The van der Waals surface area contributed by atoms with Gasteiger partial charge in [-0.05, 0) is 44.4 Å². The Hall–Kier alpha value is -2.73. The van der Waals surface area contributed by atoms with Crippen molar-refractivity contribution in [3.05, 3.63) is 64.3 Å². The molecule has 3 heterocycles. The van der Waals surface area contributed by atoms with E-state index in [1.807, 2.05) is 49.1 Å². The van der Waals surface area contributed by atoms with Crippen LogP contribution in [0.25, 0.3) is 11.3 Å². The van der Waals surface area contributed by atoms with Crippen LogP contribution in [0.3, 0.4) is 0 Å². The zero-order valence-corrected chi connectivity index (χ0v) is 16.6. The molecule has 1 aliphatic heterocycles. The first-order chi connectivity index (χ1) is 13.5. The van der Waals surface area contributed by atoms with E-state index in [0.29, 0.717) is 29.6 Å². The molecule has 1 atom stereocenters. The Morgan fingerprint density at radius 2 is 2.18 bits per heavy atom. The van der Waals surface area contributed by atoms with Crippen molar-refractivity contribution in [2.75, 3.05) is 6.54 Å². The Kier molecular flexibility index (Phi) is 5.13. The van der Waals surface area contributed by atoms with Crippen molar-refractivity contribution in [3.63, 3.8) is 0 Å². The number of hydrogen-bond acceptors (Lipinski definition) is 5. The summed E-state index contributed by atoms with van der Waals surface area (Å²) >= 11 is 6.06. The van der Waals surface area contributed by atoms with Crippen LogP contribution >= 0.6 is 11.6 Å². The number of aromatic nitrogens is 3. The third-order valence-corrected chi connectivity index (χ3v) is 5.20. The summed E-state index contributed by atoms with van der Waals surface area (Å²) in [5, 5.41) is 4.61. The number of likely N-dealkylation sites (tertiary alicyclic amines) is 1. The molecule has 1 aromatic carbocycles. The van der Waals surface area contributed by atoms with Gasteiger partial charge in [-0.2, -0.15) is 0 Å². The Bertz CT molecular complexity index is 1020. The standard InChI is InChI=1S/C21H21ClN4O2/c1-13-9-19(28-25-13)17-12-23-14(2)24-21(17)18-7-4-8-26(18)20(27)11-15-5-3-6-16(22)10-15/h3,5-6,9-10,12,18H,4,7-8,11H2,1-2H3. The zero-order chi connectivity index (χ0) is 19.7. The first-order valence-electron chi connectivity index (χ1n) is 9.32. The lowest BCUT2D eigenvalue weighted by Crippen LogP contribution is -2.32. The van der Waals surface area contributed by atoms with Crippen LogP contribution in [0.1, 0.15) is 41.7 Å². The number of carbonyl (C=O) groups excluding carboxylic acids is 1. The molecule has 6 nitrogen and oxygen atoms in total. The van der Waals surface area contributed by atoms with Gasteiger partial charge in [0.05, 0.1) is 29.4 Å². The summed E-state index contributed by atoms with van der Waals surface area (Å²) in [5.41, 5.74) is 3.31. The Labute approximate surface area is 168 Å². The van der Waals surface area contributed by atoms with Gasteiger partial charge in [0.2, 0.25) is 5.91 Å². The van der Waals surface area contributed by atoms with Crippen LogP contribution in [0.5, 0.6) is 0 Å². The van der Waals surface area contributed by atoms with Gasteiger partial charge >= 0.3 is 0 Å². The summed E-state index contributed by atoms with van der Waals surface area (Å²) in [6.45, 7) is 4.44. The van der Waals surface area contributed by atoms with Crippen molar-refractivity contribution in [2.45, 2.75) is 39.2 Å². The van der Waals surface area contributed by atoms with Crippen LogP contribution in [0.2, 0.25) is 5.02 Å². The largest absolute Gasteiger partial charge is 0.356 e. The SMILES string of the molecule is Cc1cc(-c2cnc(C)nc2C2CCCN2C(=O)Cc2cccc(Cl)c2)on1. The van der Waals surface area contributed by atoms with Gasteiger partial charge in [0.15, 0.2) is 5.76 Å². The predicted molar refractivity (Wildman–Crippen MR) is 106 cm³/mol. The molecule has 7 heteroatoms. The smallest absolute Gasteiger partial charge is 0.227 e. The number of benzene rings is 1. The number of rotatable bonds is 4. The van der Waals surface area contributed by atoms with E-state index in [1.165, 1.54) is 0 Å². The average molecular weight is 397 g/mol. The van der Waals surface area contributed by atoms with Crippen LogP contribution in [0, 0.1) is 13.8 Å². The summed E-state index contributed by atoms with van der Waals surface area (Å²) in [5.74, 6) is 1.37. The molecule has 0 radical (unpaired) electrons. The van der Waals surface area contributed by atoms with E-state index in [9.17, 15) is 4.79 Å². The molecular weight excluding hydrogens is 376 g/mol. The normalized spacial score (nSPS) is 16.5. The van der Waals surface area contributed by atoms with Gasteiger partial charge in [-0.25, -0.2) is 9.97 Å². The summed E-state index contributed by atoms with van der Waals surface area (Å²) < 4.78 is 5.45.